The first-order valence-corrected chi connectivity index (χ1v) is 11.0. The van der Waals surface area contributed by atoms with Crippen molar-refractivity contribution >= 4 is 44.9 Å². The molecule has 1 N–H and O–H groups in total. The molecule has 148 valence electrons. The fourth-order valence-electron chi connectivity index (χ4n) is 2.90. The van der Waals surface area contributed by atoms with Crippen LogP contribution in [0.3, 0.4) is 0 Å². The first kappa shape index (κ1) is 19.6. The molecule has 0 bridgehead atoms. The summed E-state index contributed by atoms with van der Waals surface area (Å²) in [6.45, 7) is 4.08. The van der Waals surface area contributed by atoms with Gasteiger partial charge in [0.25, 0.3) is 0 Å². The first-order chi connectivity index (χ1) is 14.0. The van der Waals surface area contributed by atoms with Crippen LogP contribution in [0.25, 0.3) is 20.8 Å². The Morgan fingerprint density at radius 3 is 2.72 bits per heavy atom. The fraction of sp³-hybridized carbons (Fsp3) is 0.238. The summed E-state index contributed by atoms with van der Waals surface area (Å²) in [5.41, 5.74) is 4.06. The second-order valence-corrected chi connectivity index (χ2v) is 9.00. The van der Waals surface area contributed by atoms with Gasteiger partial charge in [-0.2, -0.15) is 0 Å². The average Bonchev–Trinajstić information content (AvgIpc) is 3.32. The number of thiazole rings is 1. The molecule has 1 atom stereocenters. The highest BCUT2D eigenvalue weighted by atomic mass is 32.2. The molecule has 1 amide bonds. The monoisotopic (exact) mass is 423 g/mol. The van der Waals surface area contributed by atoms with Crippen LogP contribution in [-0.2, 0) is 11.8 Å². The van der Waals surface area contributed by atoms with Gasteiger partial charge in [-0.3, -0.25) is 4.79 Å². The minimum absolute atomic E-state index is 0.0382. The number of carbonyl (C=O) groups excluding carboxylic acids is 1. The van der Waals surface area contributed by atoms with E-state index in [1.54, 1.807) is 17.7 Å². The van der Waals surface area contributed by atoms with E-state index in [0.717, 1.165) is 26.9 Å². The van der Waals surface area contributed by atoms with Gasteiger partial charge in [0.1, 0.15) is 11.3 Å². The molecule has 2 aromatic heterocycles. The summed E-state index contributed by atoms with van der Waals surface area (Å²) in [5, 5.41) is 12.4. The van der Waals surface area contributed by atoms with E-state index in [4.69, 9.17) is 4.98 Å². The van der Waals surface area contributed by atoms with Gasteiger partial charge >= 0.3 is 0 Å². The Balaban J connectivity index is 1.46. The SMILES string of the molecule is CC[C@H](Sc1nncn1C)C(=O)Nc1ccc(-c2nc3ccc(C)cc3s2)cc1. The molecule has 0 radical (unpaired) electrons. The van der Waals surface area contributed by atoms with Crippen LogP contribution in [0, 0.1) is 6.92 Å². The number of nitrogens with zero attached hydrogens (tertiary/aromatic N) is 4. The molecule has 4 aromatic rings. The molecule has 0 saturated carbocycles. The van der Waals surface area contributed by atoms with Crippen molar-refractivity contribution in [2.24, 2.45) is 7.05 Å². The van der Waals surface area contributed by atoms with E-state index in [9.17, 15) is 4.79 Å². The van der Waals surface area contributed by atoms with Crippen LogP contribution in [0.4, 0.5) is 5.69 Å². The number of amides is 1. The molecule has 4 rings (SSSR count). The highest BCUT2D eigenvalue weighted by molar-refractivity contribution is 8.00. The molecule has 2 heterocycles. The quantitative estimate of drug-likeness (QED) is 0.446. The zero-order valence-corrected chi connectivity index (χ0v) is 18.0. The molecular weight excluding hydrogens is 402 g/mol. The number of hydrogen-bond acceptors (Lipinski definition) is 6. The minimum atomic E-state index is -0.231. The number of thioether (sulfide) groups is 1. The molecule has 0 saturated heterocycles. The lowest BCUT2D eigenvalue weighted by Gasteiger charge is -2.14. The molecule has 0 fully saturated rings. The third kappa shape index (κ3) is 4.33. The predicted molar refractivity (Wildman–Crippen MR) is 119 cm³/mol. The van der Waals surface area contributed by atoms with Crippen molar-refractivity contribution in [3.05, 3.63) is 54.4 Å². The second kappa shape index (κ2) is 8.34. The van der Waals surface area contributed by atoms with Crippen LogP contribution in [0.1, 0.15) is 18.9 Å². The van der Waals surface area contributed by atoms with Crippen molar-refractivity contribution in [2.45, 2.75) is 30.7 Å². The molecule has 29 heavy (non-hydrogen) atoms. The Bertz CT molecular complexity index is 1150. The van der Waals surface area contributed by atoms with Crippen molar-refractivity contribution in [1.82, 2.24) is 19.7 Å². The number of hydrogen-bond donors (Lipinski definition) is 1. The summed E-state index contributed by atoms with van der Waals surface area (Å²) in [5.74, 6) is -0.0382. The molecule has 0 unspecified atom stereocenters. The normalized spacial score (nSPS) is 12.2. The number of carbonyl (C=O) groups is 1. The van der Waals surface area contributed by atoms with E-state index in [1.165, 1.54) is 22.0 Å². The smallest absolute Gasteiger partial charge is 0.237 e. The summed E-state index contributed by atoms with van der Waals surface area (Å²) in [7, 11) is 1.87. The van der Waals surface area contributed by atoms with Gasteiger partial charge in [-0.1, -0.05) is 24.8 Å². The van der Waals surface area contributed by atoms with E-state index in [0.29, 0.717) is 6.42 Å². The molecule has 2 aromatic carbocycles. The van der Waals surface area contributed by atoms with Crippen LogP contribution in [0.2, 0.25) is 0 Å². The lowest BCUT2D eigenvalue weighted by Crippen LogP contribution is -2.24. The summed E-state index contributed by atoms with van der Waals surface area (Å²) in [4.78, 5) is 17.4. The van der Waals surface area contributed by atoms with Crippen LogP contribution in [-0.4, -0.2) is 30.9 Å². The maximum atomic E-state index is 12.7. The number of aryl methyl sites for hydroxylation is 2. The Kier molecular flexibility index (Phi) is 5.64. The maximum Gasteiger partial charge on any atom is 0.237 e. The average molecular weight is 424 g/mol. The molecular formula is C21H21N5OS2. The van der Waals surface area contributed by atoms with Crippen molar-refractivity contribution in [1.29, 1.82) is 0 Å². The molecule has 0 aliphatic heterocycles. The largest absolute Gasteiger partial charge is 0.325 e. The topological polar surface area (TPSA) is 72.7 Å². The van der Waals surface area contributed by atoms with Crippen molar-refractivity contribution in [2.75, 3.05) is 5.32 Å². The standard InChI is InChI=1S/C21H21N5OS2/c1-4-17(29-21-25-22-12-26(21)3)19(27)23-15-8-6-14(7-9-15)20-24-16-10-5-13(2)11-18(16)28-20/h5-12,17H,4H2,1-3H3,(H,23,27)/t17-/m0/s1. The second-order valence-electron chi connectivity index (χ2n) is 6.80. The van der Waals surface area contributed by atoms with Gasteiger partial charge in [-0.05, 0) is 55.3 Å². The lowest BCUT2D eigenvalue weighted by molar-refractivity contribution is -0.115. The van der Waals surface area contributed by atoms with Gasteiger partial charge in [0.2, 0.25) is 5.91 Å². The Hall–Kier alpha value is -2.71. The van der Waals surface area contributed by atoms with E-state index in [1.807, 2.05) is 42.8 Å². The van der Waals surface area contributed by atoms with Gasteiger partial charge < -0.3 is 9.88 Å². The number of aromatic nitrogens is 4. The maximum absolute atomic E-state index is 12.7. The third-order valence-electron chi connectivity index (χ3n) is 4.52. The van der Waals surface area contributed by atoms with Crippen LogP contribution < -0.4 is 5.32 Å². The zero-order chi connectivity index (χ0) is 20.4. The number of benzene rings is 2. The van der Waals surface area contributed by atoms with Crippen LogP contribution >= 0.6 is 23.1 Å². The van der Waals surface area contributed by atoms with E-state index < -0.39 is 0 Å². The number of anilines is 1. The molecule has 0 aliphatic carbocycles. The van der Waals surface area contributed by atoms with Crippen molar-refractivity contribution in [3.8, 4) is 10.6 Å². The number of nitrogens with one attached hydrogen (secondary N) is 1. The van der Waals surface area contributed by atoms with Crippen molar-refractivity contribution < 1.29 is 4.79 Å². The molecule has 0 aliphatic rings. The Labute approximate surface area is 177 Å². The van der Waals surface area contributed by atoms with E-state index >= 15 is 0 Å². The molecule has 0 spiro atoms. The summed E-state index contributed by atoms with van der Waals surface area (Å²) >= 11 is 3.10. The van der Waals surface area contributed by atoms with Gasteiger partial charge in [-0.15, -0.1) is 21.5 Å². The minimum Gasteiger partial charge on any atom is -0.325 e. The predicted octanol–water partition coefficient (Wildman–Crippen LogP) is 4.91. The summed E-state index contributed by atoms with van der Waals surface area (Å²) in [6.07, 6.45) is 2.33. The summed E-state index contributed by atoms with van der Waals surface area (Å²) < 4.78 is 3.00. The van der Waals surface area contributed by atoms with Crippen molar-refractivity contribution in [3.63, 3.8) is 0 Å². The fourth-order valence-corrected chi connectivity index (χ4v) is 4.87. The lowest BCUT2D eigenvalue weighted by atomic mass is 10.2. The van der Waals surface area contributed by atoms with E-state index in [-0.39, 0.29) is 11.2 Å². The van der Waals surface area contributed by atoms with Gasteiger partial charge in [0.05, 0.1) is 15.5 Å². The molecule has 6 nitrogen and oxygen atoms in total. The highest BCUT2D eigenvalue weighted by Crippen LogP contribution is 2.31. The Morgan fingerprint density at radius 1 is 1.24 bits per heavy atom. The first-order valence-electron chi connectivity index (χ1n) is 9.32. The van der Waals surface area contributed by atoms with Crippen LogP contribution in [0.5, 0.6) is 0 Å². The van der Waals surface area contributed by atoms with Crippen LogP contribution in [0.15, 0.2) is 53.9 Å². The number of fused-ring (bicyclic) bond motifs is 1. The molecule has 8 heteroatoms. The van der Waals surface area contributed by atoms with Gasteiger partial charge in [0, 0.05) is 18.3 Å². The Morgan fingerprint density at radius 2 is 2.03 bits per heavy atom. The van der Waals surface area contributed by atoms with E-state index in [2.05, 4.69) is 40.6 Å². The van der Waals surface area contributed by atoms with Gasteiger partial charge in [-0.25, -0.2) is 4.98 Å². The third-order valence-corrected chi connectivity index (χ3v) is 7.00. The van der Waals surface area contributed by atoms with Gasteiger partial charge in [0.15, 0.2) is 5.16 Å². The summed E-state index contributed by atoms with van der Waals surface area (Å²) in [6, 6.07) is 14.1. The zero-order valence-electron chi connectivity index (χ0n) is 16.4. The highest BCUT2D eigenvalue weighted by Gasteiger charge is 2.20. The number of rotatable bonds is 6.